The van der Waals surface area contributed by atoms with E-state index in [4.69, 9.17) is 4.98 Å². The van der Waals surface area contributed by atoms with Gasteiger partial charge in [-0.1, -0.05) is 42.6 Å². The van der Waals surface area contributed by atoms with E-state index in [0.29, 0.717) is 0 Å². The fraction of sp³-hybridized carbons (Fsp3) is 0.471. The molecule has 9 heteroatoms. The van der Waals surface area contributed by atoms with Gasteiger partial charge in [-0.15, -0.1) is 0 Å². The number of rotatable bonds is 6. The van der Waals surface area contributed by atoms with Crippen LogP contribution in [0.4, 0.5) is 0 Å². The maximum absolute atomic E-state index is 4.77. The van der Waals surface area contributed by atoms with Crippen LogP contribution in [0.25, 0.3) is 21.4 Å². The summed E-state index contributed by atoms with van der Waals surface area (Å²) in [6.07, 6.45) is 2.04. The molecule has 0 aliphatic heterocycles. The number of aryl methyl sites for hydroxylation is 2. The van der Waals surface area contributed by atoms with E-state index in [1.807, 2.05) is 41.7 Å². The molecule has 0 saturated heterocycles. The van der Waals surface area contributed by atoms with Crippen LogP contribution in [0, 0.1) is 0 Å². The van der Waals surface area contributed by atoms with Crippen molar-refractivity contribution in [2.24, 2.45) is 24.1 Å². The van der Waals surface area contributed by atoms with Gasteiger partial charge in [-0.3, -0.25) is 9.98 Å². The van der Waals surface area contributed by atoms with E-state index in [1.165, 1.54) is 0 Å². The van der Waals surface area contributed by atoms with Crippen LogP contribution in [0.1, 0.15) is 26.7 Å². The zero-order chi connectivity index (χ0) is 18.5. The quantitative estimate of drug-likeness (QED) is 0.650. The minimum atomic E-state index is 0.808. The van der Waals surface area contributed by atoms with Crippen LogP contribution in [0.3, 0.4) is 0 Å². The number of aromatic nitrogens is 5. The average molecular weight is 390 g/mol. The molecule has 0 aliphatic rings. The van der Waals surface area contributed by atoms with Crippen molar-refractivity contribution in [1.29, 1.82) is 0 Å². The Kier molecular flexibility index (Phi) is 6.10. The minimum Gasteiger partial charge on any atom is -0.258 e. The second kappa shape index (κ2) is 8.50. The summed E-state index contributed by atoms with van der Waals surface area (Å²) in [5.74, 6) is 0. The predicted molar refractivity (Wildman–Crippen MR) is 106 cm³/mol. The highest BCUT2D eigenvalue weighted by molar-refractivity contribution is 7.12. The lowest BCUT2D eigenvalue weighted by atomic mass is 10.3. The third-order valence-electron chi connectivity index (χ3n) is 3.54. The van der Waals surface area contributed by atoms with Gasteiger partial charge in [0.2, 0.25) is 9.60 Å². The van der Waals surface area contributed by atoms with Crippen LogP contribution in [0.15, 0.2) is 28.2 Å². The molecule has 0 N–H and O–H groups in total. The topological polar surface area (TPSA) is 73.2 Å². The maximum Gasteiger partial charge on any atom is 0.203 e. The average Bonchev–Trinajstić information content (AvgIpc) is 3.21. The Bertz CT molecular complexity index is 929. The SMILES string of the molecule is CCCN=c1sc(-c2cccc(-c3nn(C)c(=NCCC)s3)n2)nn1C. The van der Waals surface area contributed by atoms with Crippen molar-refractivity contribution in [1.82, 2.24) is 24.5 Å². The monoisotopic (exact) mass is 389 g/mol. The highest BCUT2D eigenvalue weighted by Gasteiger charge is 2.11. The summed E-state index contributed by atoms with van der Waals surface area (Å²) >= 11 is 3.12. The van der Waals surface area contributed by atoms with Crippen LogP contribution in [0.5, 0.6) is 0 Å². The Hall–Kier alpha value is -2.13. The van der Waals surface area contributed by atoms with Gasteiger partial charge < -0.3 is 0 Å². The van der Waals surface area contributed by atoms with Crippen molar-refractivity contribution in [3.05, 3.63) is 27.8 Å². The Labute approximate surface area is 160 Å². The van der Waals surface area contributed by atoms with Gasteiger partial charge in [-0.25, -0.2) is 14.3 Å². The molecule has 0 radical (unpaired) electrons. The molecule has 0 spiro atoms. The molecule has 0 aliphatic carbocycles. The number of hydrogen-bond acceptors (Lipinski definition) is 7. The molecule has 26 heavy (non-hydrogen) atoms. The Morgan fingerprint density at radius 2 is 1.31 bits per heavy atom. The van der Waals surface area contributed by atoms with E-state index in [1.54, 1.807) is 22.7 Å². The van der Waals surface area contributed by atoms with Crippen molar-refractivity contribution in [2.75, 3.05) is 13.1 Å². The number of hydrogen-bond donors (Lipinski definition) is 0. The summed E-state index contributed by atoms with van der Waals surface area (Å²) < 4.78 is 3.63. The molecule has 138 valence electrons. The normalized spacial score (nSPS) is 12.9. The van der Waals surface area contributed by atoms with Gasteiger partial charge in [0, 0.05) is 27.2 Å². The van der Waals surface area contributed by atoms with Crippen LogP contribution in [-0.4, -0.2) is 37.6 Å². The lowest BCUT2D eigenvalue weighted by Gasteiger charge is -1.98. The van der Waals surface area contributed by atoms with Gasteiger partial charge in [-0.2, -0.15) is 10.2 Å². The number of pyridine rings is 1. The first kappa shape index (κ1) is 18.7. The van der Waals surface area contributed by atoms with E-state index in [-0.39, 0.29) is 0 Å². The van der Waals surface area contributed by atoms with Crippen molar-refractivity contribution in [3.63, 3.8) is 0 Å². The first-order chi connectivity index (χ1) is 12.6. The van der Waals surface area contributed by atoms with E-state index in [2.05, 4.69) is 34.0 Å². The first-order valence-corrected chi connectivity index (χ1v) is 10.3. The molecule has 3 aromatic heterocycles. The molecular formula is C17H23N7S2. The standard InChI is InChI=1S/C17H23N7S2/c1-5-10-18-16-23(3)21-14(25-16)12-8-7-9-13(20-12)15-22-24(4)17(26-15)19-11-6-2/h7-9H,5-6,10-11H2,1-4H3. The van der Waals surface area contributed by atoms with Crippen LogP contribution < -0.4 is 9.60 Å². The van der Waals surface area contributed by atoms with Crippen LogP contribution in [0.2, 0.25) is 0 Å². The molecule has 0 amide bonds. The fourth-order valence-electron chi connectivity index (χ4n) is 2.27. The van der Waals surface area contributed by atoms with Gasteiger partial charge in [0.15, 0.2) is 10.0 Å². The lowest BCUT2D eigenvalue weighted by Crippen LogP contribution is -2.12. The molecule has 7 nitrogen and oxygen atoms in total. The Morgan fingerprint density at radius 1 is 0.846 bits per heavy atom. The molecule has 0 atom stereocenters. The zero-order valence-electron chi connectivity index (χ0n) is 15.5. The predicted octanol–water partition coefficient (Wildman–Crippen LogP) is 2.63. The third kappa shape index (κ3) is 4.16. The summed E-state index contributed by atoms with van der Waals surface area (Å²) in [6, 6.07) is 5.94. The van der Waals surface area contributed by atoms with Crippen molar-refractivity contribution >= 4 is 22.7 Å². The second-order valence-electron chi connectivity index (χ2n) is 5.80. The van der Waals surface area contributed by atoms with Gasteiger partial charge in [0.05, 0.1) is 0 Å². The van der Waals surface area contributed by atoms with Crippen LogP contribution in [-0.2, 0) is 14.1 Å². The van der Waals surface area contributed by atoms with E-state index < -0.39 is 0 Å². The summed E-state index contributed by atoms with van der Waals surface area (Å²) in [4.78, 5) is 15.7. The summed E-state index contributed by atoms with van der Waals surface area (Å²) in [7, 11) is 3.83. The smallest absolute Gasteiger partial charge is 0.203 e. The third-order valence-corrected chi connectivity index (χ3v) is 5.66. The summed E-state index contributed by atoms with van der Waals surface area (Å²) in [5.41, 5.74) is 1.68. The molecule has 0 unspecified atom stereocenters. The molecule has 0 aromatic carbocycles. The number of nitrogens with zero attached hydrogens (tertiary/aromatic N) is 7. The molecule has 0 saturated carbocycles. The van der Waals surface area contributed by atoms with Crippen molar-refractivity contribution < 1.29 is 0 Å². The molecular weight excluding hydrogens is 366 g/mol. The molecule has 0 bridgehead atoms. The minimum absolute atomic E-state index is 0.808. The highest BCUT2D eigenvalue weighted by atomic mass is 32.1. The fourth-order valence-corrected chi connectivity index (χ4v) is 4.03. The van der Waals surface area contributed by atoms with Gasteiger partial charge in [-0.05, 0) is 25.0 Å². The largest absolute Gasteiger partial charge is 0.258 e. The molecule has 3 aromatic rings. The molecule has 0 fully saturated rings. The Morgan fingerprint density at radius 3 is 1.73 bits per heavy atom. The van der Waals surface area contributed by atoms with E-state index >= 15 is 0 Å². The van der Waals surface area contributed by atoms with Crippen molar-refractivity contribution in [3.8, 4) is 21.4 Å². The van der Waals surface area contributed by atoms with Crippen LogP contribution >= 0.6 is 22.7 Å². The Balaban J connectivity index is 1.97. The lowest BCUT2D eigenvalue weighted by molar-refractivity contribution is 0.714. The molecule has 3 rings (SSSR count). The summed E-state index contributed by atoms with van der Waals surface area (Å²) in [6.45, 7) is 5.85. The van der Waals surface area contributed by atoms with Gasteiger partial charge >= 0.3 is 0 Å². The maximum atomic E-state index is 4.77. The van der Waals surface area contributed by atoms with Crippen molar-refractivity contribution in [2.45, 2.75) is 26.7 Å². The zero-order valence-corrected chi connectivity index (χ0v) is 17.1. The van der Waals surface area contributed by atoms with E-state index in [0.717, 1.165) is 56.9 Å². The molecule has 3 heterocycles. The van der Waals surface area contributed by atoms with Gasteiger partial charge in [0.25, 0.3) is 0 Å². The van der Waals surface area contributed by atoms with E-state index in [9.17, 15) is 0 Å². The van der Waals surface area contributed by atoms with Gasteiger partial charge in [0.1, 0.15) is 11.4 Å². The second-order valence-corrected chi connectivity index (χ2v) is 7.71. The summed E-state index contributed by atoms with van der Waals surface area (Å²) in [5, 5.41) is 10.9. The first-order valence-electron chi connectivity index (χ1n) is 8.69. The highest BCUT2D eigenvalue weighted by Crippen LogP contribution is 2.22.